The fourth-order valence-corrected chi connectivity index (χ4v) is 3.51. The number of likely N-dealkylation sites (N-methyl/N-ethyl adjacent to an activating group) is 1. The Labute approximate surface area is 212 Å². The van der Waals surface area contributed by atoms with E-state index in [1.54, 1.807) is 6.20 Å². The maximum absolute atomic E-state index is 9.98. The Morgan fingerprint density at radius 1 is 0.861 bits per heavy atom. The van der Waals surface area contributed by atoms with Crippen LogP contribution in [-0.4, -0.2) is 53.3 Å². The summed E-state index contributed by atoms with van der Waals surface area (Å²) in [6.45, 7) is 0.785. The van der Waals surface area contributed by atoms with Crippen LogP contribution in [0.25, 0.3) is 12.2 Å². The lowest BCUT2D eigenvalue weighted by Crippen LogP contribution is -2.30. The topological polar surface area (TPSA) is 82.5 Å². The van der Waals surface area contributed by atoms with Crippen molar-refractivity contribution < 1.29 is 9.84 Å². The van der Waals surface area contributed by atoms with Gasteiger partial charge in [-0.15, -0.1) is 0 Å². The molecule has 4 rings (SSSR count). The van der Waals surface area contributed by atoms with E-state index in [1.165, 1.54) is 0 Å². The largest absolute Gasteiger partial charge is 0.491 e. The molecule has 3 aromatic carbocycles. The second-order valence-corrected chi connectivity index (χ2v) is 8.61. The second kappa shape index (κ2) is 12.5. The van der Waals surface area contributed by atoms with Gasteiger partial charge in [0.05, 0.1) is 0 Å². The molecule has 0 bridgehead atoms. The van der Waals surface area contributed by atoms with Crippen LogP contribution in [-0.2, 0) is 0 Å². The molecule has 0 aliphatic carbocycles. The Morgan fingerprint density at radius 3 is 2.22 bits per heavy atom. The number of para-hydroxylation sites is 1. The number of aromatic nitrogens is 2. The molecule has 1 unspecified atom stereocenters. The molecule has 0 amide bonds. The molecular weight excluding hydrogens is 450 g/mol. The fourth-order valence-electron chi connectivity index (χ4n) is 3.51. The molecule has 0 radical (unpaired) electrons. The molecule has 36 heavy (non-hydrogen) atoms. The van der Waals surface area contributed by atoms with Gasteiger partial charge in [-0.1, -0.05) is 54.6 Å². The molecule has 7 nitrogen and oxygen atoms in total. The van der Waals surface area contributed by atoms with Crippen LogP contribution in [0, 0.1) is 0 Å². The molecule has 1 heterocycles. The number of hydrogen-bond donors (Lipinski definition) is 3. The second-order valence-electron chi connectivity index (χ2n) is 8.61. The summed E-state index contributed by atoms with van der Waals surface area (Å²) >= 11 is 0. The molecule has 1 atom stereocenters. The molecule has 7 heteroatoms. The smallest absolute Gasteiger partial charge is 0.229 e. The van der Waals surface area contributed by atoms with Crippen LogP contribution in [0.15, 0.2) is 91.1 Å². The average Bonchev–Trinajstić information content (AvgIpc) is 2.89. The summed E-state index contributed by atoms with van der Waals surface area (Å²) in [4.78, 5) is 11.2. The molecule has 0 saturated heterocycles. The highest BCUT2D eigenvalue weighted by atomic mass is 16.5. The number of hydrogen-bond acceptors (Lipinski definition) is 7. The number of nitrogens with zero attached hydrogens (tertiary/aromatic N) is 3. The van der Waals surface area contributed by atoms with E-state index in [9.17, 15) is 5.11 Å². The first-order chi connectivity index (χ1) is 17.5. The maximum Gasteiger partial charge on any atom is 0.229 e. The molecule has 0 aliphatic rings. The van der Waals surface area contributed by atoms with Crippen molar-refractivity contribution in [3.05, 3.63) is 102 Å². The predicted octanol–water partition coefficient (Wildman–Crippen LogP) is 5.44. The van der Waals surface area contributed by atoms with Gasteiger partial charge in [-0.3, -0.25) is 0 Å². The summed E-state index contributed by atoms with van der Waals surface area (Å²) in [7, 11) is 3.83. The quantitative estimate of drug-likeness (QED) is 0.263. The van der Waals surface area contributed by atoms with Crippen molar-refractivity contribution in [3.63, 3.8) is 0 Å². The molecule has 0 saturated carbocycles. The first-order valence-electron chi connectivity index (χ1n) is 11.8. The highest BCUT2D eigenvalue weighted by Gasteiger charge is 2.09. The van der Waals surface area contributed by atoms with Crippen LogP contribution in [0.3, 0.4) is 0 Å². The molecule has 0 spiro atoms. The van der Waals surface area contributed by atoms with Gasteiger partial charge in [0.1, 0.15) is 24.3 Å². The third-order valence-corrected chi connectivity index (χ3v) is 5.24. The van der Waals surface area contributed by atoms with Crippen molar-refractivity contribution in [1.29, 1.82) is 0 Å². The number of benzene rings is 3. The normalized spacial score (nSPS) is 12.0. The van der Waals surface area contributed by atoms with Crippen molar-refractivity contribution in [1.82, 2.24) is 14.9 Å². The summed E-state index contributed by atoms with van der Waals surface area (Å²) in [5.41, 5.74) is 3.74. The van der Waals surface area contributed by atoms with E-state index >= 15 is 0 Å². The van der Waals surface area contributed by atoms with Gasteiger partial charge in [-0.05, 0) is 62.1 Å². The number of aliphatic hydroxyl groups is 1. The lowest BCUT2D eigenvalue weighted by molar-refractivity contribution is 0.0831. The van der Waals surface area contributed by atoms with Crippen LogP contribution in [0.5, 0.6) is 5.75 Å². The van der Waals surface area contributed by atoms with Crippen LogP contribution in [0.2, 0.25) is 0 Å². The van der Waals surface area contributed by atoms with Crippen LogP contribution < -0.4 is 15.4 Å². The highest BCUT2D eigenvalue weighted by Crippen LogP contribution is 2.24. The summed E-state index contributed by atoms with van der Waals surface area (Å²) in [6, 6.07) is 27.5. The maximum atomic E-state index is 9.98. The van der Waals surface area contributed by atoms with Crippen molar-refractivity contribution in [2.45, 2.75) is 6.10 Å². The highest BCUT2D eigenvalue weighted by molar-refractivity contribution is 5.77. The minimum absolute atomic E-state index is 0.237. The number of rotatable bonds is 11. The third-order valence-electron chi connectivity index (χ3n) is 5.24. The van der Waals surface area contributed by atoms with Crippen molar-refractivity contribution >= 4 is 35.3 Å². The van der Waals surface area contributed by atoms with Gasteiger partial charge in [0.2, 0.25) is 5.95 Å². The predicted molar refractivity (Wildman–Crippen MR) is 147 cm³/mol. The standard InChI is InChI=1S/C29H31N5O2/c1-34(2)20-26(35)21-36-27-17-15-25(16-18-27)32-29-30-19-23(14-13-22-9-5-3-6-10-22)28(33-29)31-24-11-7-4-8-12-24/h3-19,26,35H,20-21H2,1-2H3,(H2,30,31,32,33)/b14-13+. The number of aliphatic hydroxyl groups excluding tert-OH is 1. The van der Waals surface area contributed by atoms with E-state index in [4.69, 9.17) is 9.72 Å². The third kappa shape index (κ3) is 7.66. The Hall–Kier alpha value is -4.20. The van der Waals surface area contributed by atoms with Gasteiger partial charge in [-0.25, -0.2) is 4.98 Å². The number of ether oxygens (including phenoxy) is 1. The van der Waals surface area contributed by atoms with E-state index in [0.717, 1.165) is 22.5 Å². The van der Waals surface area contributed by atoms with Crippen LogP contribution in [0.4, 0.5) is 23.1 Å². The number of anilines is 4. The Morgan fingerprint density at radius 2 is 1.53 bits per heavy atom. The summed E-state index contributed by atoms with van der Waals surface area (Å²) < 4.78 is 5.69. The molecule has 0 fully saturated rings. The van der Waals surface area contributed by atoms with Crippen LogP contribution in [0.1, 0.15) is 11.1 Å². The van der Waals surface area contributed by atoms with Crippen molar-refractivity contribution in [2.24, 2.45) is 0 Å². The van der Waals surface area contributed by atoms with Gasteiger partial charge in [0, 0.05) is 29.7 Å². The first-order valence-corrected chi connectivity index (χ1v) is 11.8. The van der Waals surface area contributed by atoms with E-state index in [2.05, 4.69) is 15.6 Å². The van der Waals surface area contributed by atoms with E-state index in [-0.39, 0.29) is 6.61 Å². The Kier molecular flexibility index (Phi) is 8.64. The minimum atomic E-state index is -0.545. The van der Waals surface area contributed by atoms with Crippen molar-refractivity contribution in [3.8, 4) is 5.75 Å². The first kappa shape index (κ1) is 24.9. The van der Waals surface area contributed by atoms with Crippen LogP contribution >= 0.6 is 0 Å². The van der Waals surface area contributed by atoms with Gasteiger partial charge >= 0.3 is 0 Å². The van der Waals surface area contributed by atoms with E-state index in [0.29, 0.717) is 24.1 Å². The molecule has 4 aromatic rings. The van der Waals surface area contributed by atoms with E-state index < -0.39 is 6.10 Å². The zero-order chi connectivity index (χ0) is 25.2. The summed E-state index contributed by atoms with van der Waals surface area (Å²) in [5.74, 6) is 1.85. The average molecular weight is 482 g/mol. The summed E-state index contributed by atoms with van der Waals surface area (Å²) in [6.07, 6.45) is 5.29. The van der Waals surface area contributed by atoms with Gasteiger partial charge in [0.15, 0.2) is 0 Å². The molecule has 0 aliphatic heterocycles. The SMILES string of the molecule is CN(C)CC(O)COc1ccc(Nc2ncc(/C=C/c3ccccc3)c(Nc3ccccc3)n2)cc1. The fraction of sp³-hybridized carbons (Fsp3) is 0.172. The monoisotopic (exact) mass is 481 g/mol. The molecule has 184 valence electrons. The Bertz CT molecular complexity index is 1250. The lowest BCUT2D eigenvalue weighted by Gasteiger charge is -2.16. The zero-order valence-corrected chi connectivity index (χ0v) is 20.5. The van der Waals surface area contributed by atoms with Crippen molar-refractivity contribution in [2.75, 3.05) is 37.9 Å². The Balaban J connectivity index is 1.48. The minimum Gasteiger partial charge on any atom is -0.491 e. The molecular formula is C29H31N5O2. The zero-order valence-electron chi connectivity index (χ0n) is 20.5. The molecule has 3 N–H and O–H groups in total. The van der Waals surface area contributed by atoms with Gasteiger partial charge in [0.25, 0.3) is 0 Å². The lowest BCUT2D eigenvalue weighted by atomic mass is 10.2. The summed E-state index contributed by atoms with van der Waals surface area (Å²) in [5, 5.41) is 16.6. The number of nitrogens with one attached hydrogen (secondary N) is 2. The molecule has 1 aromatic heterocycles. The van der Waals surface area contributed by atoms with Gasteiger partial charge < -0.3 is 25.4 Å². The van der Waals surface area contributed by atoms with Gasteiger partial charge in [-0.2, -0.15) is 4.98 Å². The van der Waals surface area contributed by atoms with E-state index in [1.807, 2.05) is 116 Å².